The average molecular weight is 372 g/mol. The van der Waals surface area contributed by atoms with Gasteiger partial charge in [-0.25, -0.2) is 17.5 Å². The van der Waals surface area contributed by atoms with Crippen molar-refractivity contribution in [3.8, 4) is 0 Å². The summed E-state index contributed by atoms with van der Waals surface area (Å²) in [7, 11) is -3.28. The number of ether oxygens (including phenoxy) is 1. The number of nitrogens with one attached hydrogen (secondary N) is 1. The summed E-state index contributed by atoms with van der Waals surface area (Å²) in [6.45, 7) is 8.39. The summed E-state index contributed by atoms with van der Waals surface area (Å²) in [6, 6.07) is 0. The largest absolute Gasteiger partial charge is 0.450 e. The first kappa shape index (κ1) is 19.9. The van der Waals surface area contributed by atoms with Crippen molar-refractivity contribution < 1.29 is 22.7 Å². The fourth-order valence-electron chi connectivity index (χ4n) is 3.35. The number of nitrogens with zero attached hydrogens (tertiary/aromatic N) is 1. The van der Waals surface area contributed by atoms with Crippen molar-refractivity contribution in [2.24, 2.45) is 5.92 Å². The van der Waals surface area contributed by atoms with Crippen LogP contribution in [0.4, 0.5) is 0 Å². The van der Waals surface area contributed by atoms with E-state index in [1.165, 1.54) is 4.31 Å². The Kier molecular flexibility index (Phi) is 5.93. The van der Waals surface area contributed by atoms with E-state index < -0.39 is 21.6 Å². The predicted molar refractivity (Wildman–Crippen MR) is 94.3 cm³/mol. The van der Waals surface area contributed by atoms with Crippen LogP contribution in [-0.4, -0.2) is 55.6 Å². The lowest BCUT2D eigenvalue weighted by molar-refractivity contribution is -0.150. The molecular weight excluding hydrogens is 344 g/mol. The van der Waals surface area contributed by atoms with E-state index in [1.807, 2.05) is 0 Å². The smallest absolute Gasteiger partial charge is 0.335 e. The van der Waals surface area contributed by atoms with Gasteiger partial charge in [0.1, 0.15) is 5.60 Å². The third kappa shape index (κ3) is 4.06. The summed E-state index contributed by atoms with van der Waals surface area (Å²) in [5.74, 6) is -0.262. The van der Waals surface area contributed by atoms with Crippen LogP contribution in [0.15, 0.2) is 11.1 Å². The van der Waals surface area contributed by atoms with Crippen LogP contribution in [0.3, 0.4) is 0 Å². The van der Waals surface area contributed by atoms with Crippen LogP contribution < -0.4 is 5.32 Å². The minimum atomic E-state index is -3.28. The number of amides is 1. The molecule has 142 valence electrons. The van der Waals surface area contributed by atoms with E-state index in [9.17, 15) is 18.0 Å². The molecule has 0 saturated carbocycles. The molecule has 1 amide bonds. The lowest BCUT2D eigenvalue weighted by atomic mass is 9.83. The zero-order valence-electron chi connectivity index (χ0n) is 15.4. The average Bonchev–Trinajstić information content (AvgIpc) is 2.78. The molecule has 0 aromatic rings. The molecule has 1 spiro atoms. The molecule has 1 fully saturated rings. The second-order valence-electron chi connectivity index (χ2n) is 7.12. The molecule has 0 aromatic heterocycles. The Bertz CT molecular complexity index is 673. The SMILES string of the molecule is CCS(=O)(=O)N1CCC2(CC1)OC(=O)C(C)=C2C(=O)NCCC(C)C. The first-order valence-corrected chi connectivity index (χ1v) is 10.4. The molecule has 0 aliphatic carbocycles. The van der Waals surface area contributed by atoms with E-state index in [4.69, 9.17) is 4.74 Å². The zero-order valence-corrected chi connectivity index (χ0v) is 16.2. The zero-order chi connectivity index (χ0) is 18.8. The molecule has 0 aromatic carbocycles. The van der Waals surface area contributed by atoms with Gasteiger partial charge in [0.25, 0.3) is 5.91 Å². The second kappa shape index (κ2) is 7.45. The van der Waals surface area contributed by atoms with Crippen molar-refractivity contribution in [3.05, 3.63) is 11.1 Å². The second-order valence-corrected chi connectivity index (χ2v) is 9.38. The Morgan fingerprint density at radius 2 is 1.92 bits per heavy atom. The summed E-state index contributed by atoms with van der Waals surface area (Å²) in [5, 5.41) is 2.87. The van der Waals surface area contributed by atoms with E-state index in [1.54, 1.807) is 13.8 Å². The summed E-state index contributed by atoms with van der Waals surface area (Å²) in [5.41, 5.74) is -0.299. The number of hydrogen-bond donors (Lipinski definition) is 1. The lowest BCUT2D eigenvalue weighted by Gasteiger charge is -2.38. The summed E-state index contributed by atoms with van der Waals surface area (Å²) in [4.78, 5) is 24.7. The maximum atomic E-state index is 12.7. The fourth-order valence-corrected chi connectivity index (χ4v) is 4.45. The van der Waals surface area contributed by atoms with Crippen LogP contribution in [0.1, 0.15) is 47.0 Å². The summed E-state index contributed by atoms with van der Waals surface area (Å²) < 4.78 is 31.0. The molecule has 1 N–H and O–H groups in total. The number of sulfonamides is 1. The Hall–Kier alpha value is -1.41. The number of piperidine rings is 1. The molecule has 2 heterocycles. The minimum Gasteiger partial charge on any atom is -0.450 e. The van der Waals surface area contributed by atoms with Crippen molar-refractivity contribution >= 4 is 21.9 Å². The van der Waals surface area contributed by atoms with Gasteiger partial charge in [-0.2, -0.15) is 0 Å². The van der Waals surface area contributed by atoms with E-state index in [-0.39, 0.29) is 24.7 Å². The predicted octanol–water partition coefficient (Wildman–Crippen LogP) is 1.21. The first-order chi connectivity index (χ1) is 11.6. The van der Waals surface area contributed by atoms with Crippen molar-refractivity contribution in [2.45, 2.75) is 52.6 Å². The normalized spacial score (nSPS) is 21.1. The highest BCUT2D eigenvalue weighted by atomic mass is 32.2. The molecule has 25 heavy (non-hydrogen) atoms. The van der Waals surface area contributed by atoms with Crippen LogP contribution in [-0.2, 0) is 24.3 Å². The summed E-state index contributed by atoms with van der Waals surface area (Å²) in [6.07, 6.45) is 1.47. The van der Waals surface area contributed by atoms with Gasteiger partial charge in [-0.1, -0.05) is 13.8 Å². The van der Waals surface area contributed by atoms with E-state index >= 15 is 0 Å². The number of rotatable bonds is 6. The molecule has 0 radical (unpaired) electrons. The highest BCUT2D eigenvalue weighted by Gasteiger charge is 2.51. The Balaban J connectivity index is 2.15. The van der Waals surface area contributed by atoms with Crippen molar-refractivity contribution in [1.29, 1.82) is 0 Å². The van der Waals surface area contributed by atoms with Crippen molar-refractivity contribution in [3.63, 3.8) is 0 Å². The molecule has 0 unspecified atom stereocenters. The third-order valence-electron chi connectivity index (χ3n) is 4.95. The monoisotopic (exact) mass is 372 g/mol. The van der Waals surface area contributed by atoms with Gasteiger partial charge in [-0.05, 0) is 26.2 Å². The van der Waals surface area contributed by atoms with E-state index in [0.717, 1.165) is 6.42 Å². The van der Waals surface area contributed by atoms with Gasteiger partial charge in [0.15, 0.2) is 0 Å². The van der Waals surface area contributed by atoms with Crippen LogP contribution in [0.5, 0.6) is 0 Å². The Morgan fingerprint density at radius 3 is 2.44 bits per heavy atom. The van der Waals surface area contributed by atoms with Gasteiger partial charge < -0.3 is 10.1 Å². The van der Waals surface area contributed by atoms with Gasteiger partial charge in [-0.15, -0.1) is 0 Å². The Morgan fingerprint density at radius 1 is 1.32 bits per heavy atom. The van der Waals surface area contributed by atoms with Gasteiger partial charge in [0.05, 0.1) is 11.3 Å². The molecule has 2 rings (SSSR count). The van der Waals surface area contributed by atoms with E-state index in [0.29, 0.717) is 36.5 Å². The molecule has 2 aliphatic heterocycles. The van der Waals surface area contributed by atoms with Gasteiger partial charge in [-0.3, -0.25) is 4.79 Å². The van der Waals surface area contributed by atoms with Crippen LogP contribution >= 0.6 is 0 Å². The summed E-state index contributed by atoms with van der Waals surface area (Å²) >= 11 is 0. The Labute approximate surface area is 149 Å². The lowest BCUT2D eigenvalue weighted by Crippen LogP contribution is -2.50. The maximum Gasteiger partial charge on any atom is 0.335 e. The van der Waals surface area contributed by atoms with Crippen molar-refractivity contribution in [1.82, 2.24) is 9.62 Å². The molecule has 7 nitrogen and oxygen atoms in total. The number of carbonyl (C=O) groups is 2. The van der Waals surface area contributed by atoms with Crippen LogP contribution in [0, 0.1) is 5.92 Å². The molecule has 2 aliphatic rings. The molecule has 0 bridgehead atoms. The first-order valence-electron chi connectivity index (χ1n) is 8.83. The highest BCUT2D eigenvalue weighted by molar-refractivity contribution is 7.89. The molecular formula is C17H28N2O5S. The molecule has 1 saturated heterocycles. The number of hydrogen-bond acceptors (Lipinski definition) is 5. The third-order valence-corrected chi connectivity index (χ3v) is 6.83. The molecule has 0 atom stereocenters. The van der Waals surface area contributed by atoms with Gasteiger partial charge in [0.2, 0.25) is 10.0 Å². The van der Waals surface area contributed by atoms with Crippen molar-refractivity contribution in [2.75, 3.05) is 25.4 Å². The number of esters is 1. The van der Waals surface area contributed by atoms with Gasteiger partial charge in [0, 0.05) is 38.0 Å². The van der Waals surface area contributed by atoms with Gasteiger partial charge >= 0.3 is 5.97 Å². The fraction of sp³-hybridized carbons (Fsp3) is 0.765. The highest BCUT2D eigenvalue weighted by Crippen LogP contribution is 2.41. The van der Waals surface area contributed by atoms with Crippen LogP contribution in [0.25, 0.3) is 0 Å². The quantitative estimate of drug-likeness (QED) is 0.708. The minimum absolute atomic E-state index is 0.0389. The standard InChI is InChI=1S/C17H28N2O5S/c1-5-25(22,23)19-10-7-17(8-11-19)14(13(4)16(21)24-17)15(20)18-9-6-12(2)3/h12H,5-11H2,1-4H3,(H,18,20). The maximum absolute atomic E-state index is 12.7. The van der Waals surface area contributed by atoms with Crippen LogP contribution in [0.2, 0.25) is 0 Å². The number of carbonyl (C=O) groups excluding carboxylic acids is 2. The van der Waals surface area contributed by atoms with E-state index in [2.05, 4.69) is 19.2 Å². The topological polar surface area (TPSA) is 92.8 Å². The molecule has 8 heteroatoms.